The zero-order valence-electron chi connectivity index (χ0n) is 10.8. The Bertz CT molecular complexity index is 544. The maximum absolute atomic E-state index is 11.8. The largest absolute Gasteiger partial charge is 0.492 e. The second-order valence-electron chi connectivity index (χ2n) is 4.09. The number of hydrogen-bond acceptors (Lipinski definition) is 4. The van der Waals surface area contributed by atoms with Crippen LogP contribution in [0.25, 0.3) is 0 Å². The van der Waals surface area contributed by atoms with Gasteiger partial charge in [0.1, 0.15) is 12.4 Å². The van der Waals surface area contributed by atoms with Gasteiger partial charge in [0.05, 0.1) is 6.54 Å². The van der Waals surface area contributed by atoms with Crippen LogP contribution >= 0.6 is 11.6 Å². The van der Waals surface area contributed by atoms with Gasteiger partial charge in [0.25, 0.3) is 0 Å². The Morgan fingerprint density at radius 1 is 1.05 bits per heavy atom. The zero-order chi connectivity index (χ0) is 14.7. The maximum atomic E-state index is 11.8. The van der Waals surface area contributed by atoms with Gasteiger partial charge >= 0.3 is 17.8 Å². The Hall–Kier alpha value is -2.08. The van der Waals surface area contributed by atoms with Crippen LogP contribution in [0.5, 0.6) is 5.75 Å². The third-order valence-electron chi connectivity index (χ3n) is 2.85. The van der Waals surface area contributed by atoms with Crippen LogP contribution in [-0.4, -0.2) is 47.3 Å². The summed E-state index contributed by atoms with van der Waals surface area (Å²) >= 11 is 5.74. The maximum Gasteiger partial charge on any atom is 0.334 e. The van der Waals surface area contributed by atoms with Gasteiger partial charge in [-0.15, -0.1) is 0 Å². The molecule has 0 aromatic heterocycles. The first-order valence-electron chi connectivity index (χ1n) is 6.10. The Labute approximate surface area is 120 Å². The highest BCUT2D eigenvalue weighted by atomic mass is 35.5. The van der Waals surface area contributed by atoms with E-state index in [1.807, 2.05) is 0 Å². The molecular weight excluding hydrogens is 284 g/mol. The monoisotopic (exact) mass is 296 g/mol. The molecule has 7 heteroatoms. The van der Waals surface area contributed by atoms with Gasteiger partial charge < -0.3 is 4.74 Å². The normalized spacial score (nSPS) is 15.2. The van der Waals surface area contributed by atoms with Crippen molar-refractivity contribution in [3.8, 4) is 5.75 Å². The molecular formula is C13H13ClN2O4. The molecule has 6 nitrogen and oxygen atoms in total. The smallest absolute Gasteiger partial charge is 0.334 e. The standard InChI is InChI=1S/C13H13ClN2O4/c1-2-15-11(17)12(18)16(13(15)19)7-8-20-10-5-3-9(14)4-6-10/h3-6H,2,7-8H2,1H3. The van der Waals surface area contributed by atoms with E-state index >= 15 is 0 Å². The van der Waals surface area contributed by atoms with Crippen LogP contribution in [0.1, 0.15) is 6.92 Å². The summed E-state index contributed by atoms with van der Waals surface area (Å²) in [6.45, 7) is 1.96. The fourth-order valence-electron chi connectivity index (χ4n) is 1.81. The highest BCUT2D eigenvalue weighted by Crippen LogP contribution is 2.16. The molecule has 1 aliphatic rings. The van der Waals surface area contributed by atoms with Crippen molar-refractivity contribution in [2.24, 2.45) is 0 Å². The van der Waals surface area contributed by atoms with Crippen LogP contribution in [-0.2, 0) is 9.59 Å². The number of halogens is 1. The molecule has 20 heavy (non-hydrogen) atoms. The van der Waals surface area contributed by atoms with Crippen molar-refractivity contribution in [2.75, 3.05) is 19.7 Å². The van der Waals surface area contributed by atoms with Gasteiger partial charge in [0.2, 0.25) is 0 Å². The van der Waals surface area contributed by atoms with Gasteiger partial charge in [0, 0.05) is 11.6 Å². The molecule has 106 valence electrons. The van der Waals surface area contributed by atoms with Gasteiger partial charge in [-0.1, -0.05) is 11.6 Å². The number of carbonyl (C=O) groups excluding carboxylic acids is 3. The number of imide groups is 2. The van der Waals surface area contributed by atoms with Crippen molar-refractivity contribution in [1.82, 2.24) is 9.80 Å². The SMILES string of the molecule is CCN1C(=O)C(=O)N(CCOc2ccc(Cl)cc2)C1=O. The third kappa shape index (κ3) is 2.75. The molecule has 0 saturated carbocycles. The minimum atomic E-state index is -0.809. The zero-order valence-corrected chi connectivity index (χ0v) is 11.6. The molecule has 1 aromatic carbocycles. The molecule has 1 aromatic rings. The molecule has 4 amide bonds. The van der Waals surface area contributed by atoms with E-state index < -0.39 is 17.8 Å². The minimum absolute atomic E-state index is 0.0303. The van der Waals surface area contributed by atoms with Gasteiger partial charge in [-0.05, 0) is 31.2 Å². The fraction of sp³-hybridized carbons (Fsp3) is 0.308. The lowest BCUT2D eigenvalue weighted by Gasteiger charge is -2.14. The van der Waals surface area contributed by atoms with Gasteiger partial charge in [-0.3, -0.25) is 19.4 Å². The molecule has 0 atom stereocenters. The number of nitrogens with zero attached hydrogens (tertiary/aromatic N) is 2. The minimum Gasteiger partial charge on any atom is -0.492 e. The molecule has 2 rings (SSSR count). The summed E-state index contributed by atoms with van der Waals surface area (Å²) in [5.41, 5.74) is 0. The molecule has 1 fully saturated rings. The Morgan fingerprint density at radius 3 is 2.20 bits per heavy atom. The molecule has 0 radical (unpaired) electrons. The highest BCUT2D eigenvalue weighted by Gasteiger charge is 2.43. The Balaban J connectivity index is 1.91. The van der Waals surface area contributed by atoms with E-state index in [1.54, 1.807) is 31.2 Å². The Kier molecular flexibility index (Phi) is 4.24. The van der Waals surface area contributed by atoms with Crippen LogP contribution in [0.3, 0.4) is 0 Å². The Morgan fingerprint density at radius 2 is 1.65 bits per heavy atom. The number of likely N-dealkylation sites (N-methyl/N-ethyl adjacent to an activating group) is 1. The highest BCUT2D eigenvalue weighted by molar-refractivity contribution is 6.44. The van der Waals surface area contributed by atoms with Crippen molar-refractivity contribution in [2.45, 2.75) is 6.92 Å². The number of rotatable bonds is 5. The van der Waals surface area contributed by atoms with Crippen molar-refractivity contribution >= 4 is 29.4 Å². The quantitative estimate of drug-likeness (QED) is 0.610. The lowest BCUT2D eigenvalue weighted by atomic mass is 10.3. The fourth-order valence-corrected chi connectivity index (χ4v) is 1.94. The van der Waals surface area contributed by atoms with Crippen molar-refractivity contribution in [1.29, 1.82) is 0 Å². The summed E-state index contributed by atoms with van der Waals surface area (Å²) in [5.74, 6) is -1.02. The van der Waals surface area contributed by atoms with Gasteiger partial charge in [0.15, 0.2) is 0 Å². The predicted molar refractivity (Wildman–Crippen MR) is 71.4 cm³/mol. The van der Waals surface area contributed by atoms with E-state index in [-0.39, 0.29) is 19.7 Å². The topological polar surface area (TPSA) is 66.9 Å². The van der Waals surface area contributed by atoms with Gasteiger partial charge in [-0.2, -0.15) is 0 Å². The number of urea groups is 1. The summed E-state index contributed by atoms with van der Waals surface area (Å²) in [4.78, 5) is 36.7. The summed E-state index contributed by atoms with van der Waals surface area (Å²) in [7, 11) is 0. The lowest BCUT2D eigenvalue weighted by molar-refractivity contribution is -0.143. The molecule has 0 bridgehead atoms. The van der Waals surface area contributed by atoms with Gasteiger partial charge in [-0.25, -0.2) is 4.79 Å². The molecule has 0 N–H and O–H groups in total. The van der Waals surface area contributed by atoms with Crippen molar-refractivity contribution in [3.05, 3.63) is 29.3 Å². The number of ether oxygens (including phenoxy) is 1. The molecule has 0 spiro atoms. The number of hydrogen-bond donors (Lipinski definition) is 0. The predicted octanol–water partition coefficient (Wildman–Crippen LogP) is 1.53. The summed E-state index contributed by atoms with van der Waals surface area (Å²) in [5, 5.41) is 0.589. The van der Waals surface area contributed by atoms with E-state index in [9.17, 15) is 14.4 Å². The number of benzene rings is 1. The first kappa shape index (κ1) is 14.3. The third-order valence-corrected chi connectivity index (χ3v) is 3.10. The number of carbonyl (C=O) groups is 3. The molecule has 0 unspecified atom stereocenters. The van der Waals surface area contributed by atoms with Crippen LogP contribution in [0.4, 0.5) is 4.79 Å². The average molecular weight is 297 g/mol. The molecule has 1 heterocycles. The van der Waals surface area contributed by atoms with Crippen LogP contribution < -0.4 is 4.74 Å². The van der Waals surface area contributed by atoms with Crippen LogP contribution in [0.15, 0.2) is 24.3 Å². The number of amides is 4. The van der Waals surface area contributed by atoms with E-state index in [0.717, 1.165) is 9.80 Å². The second kappa shape index (κ2) is 5.92. The summed E-state index contributed by atoms with van der Waals surface area (Å²) in [6.07, 6.45) is 0. The van der Waals surface area contributed by atoms with Crippen molar-refractivity contribution < 1.29 is 19.1 Å². The molecule has 1 aliphatic heterocycles. The lowest BCUT2D eigenvalue weighted by Crippen LogP contribution is -2.35. The summed E-state index contributed by atoms with van der Waals surface area (Å²) in [6, 6.07) is 6.11. The van der Waals surface area contributed by atoms with E-state index in [2.05, 4.69) is 0 Å². The van der Waals surface area contributed by atoms with Crippen LogP contribution in [0.2, 0.25) is 5.02 Å². The van der Waals surface area contributed by atoms with Crippen LogP contribution in [0, 0.1) is 0 Å². The van der Waals surface area contributed by atoms with E-state index in [4.69, 9.17) is 16.3 Å². The van der Waals surface area contributed by atoms with Crippen molar-refractivity contribution in [3.63, 3.8) is 0 Å². The first-order valence-corrected chi connectivity index (χ1v) is 6.48. The first-order chi connectivity index (χ1) is 9.54. The molecule has 1 saturated heterocycles. The second-order valence-corrected chi connectivity index (χ2v) is 4.53. The van der Waals surface area contributed by atoms with E-state index in [1.165, 1.54) is 0 Å². The average Bonchev–Trinajstić information content (AvgIpc) is 2.64. The molecule has 0 aliphatic carbocycles. The van der Waals surface area contributed by atoms with E-state index in [0.29, 0.717) is 10.8 Å². The summed E-state index contributed by atoms with van der Waals surface area (Å²) < 4.78 is 5.39.